The molecule has 0 saturated heterocycles. The first-order valence-corrected chi connectivity index (χ1v) is 13.3. The predicted octanol–water partition coefficient (Wildman–Crippen LogP) is 5.19. The summed E-state index contributed by atoms with van der Waals surface area (Å²) >= 11 is 7.61. The number of amides is 1. The molecule has 0 aliphatic carbocycles. The van der Waals surface area contributed by atoms with Crippen LogP contribution in [0.15, 0.2) is 66.9 Å². The lowest BCUT2D eigenvalue weighted by Gasteiger charge is -2.19. The molecule has 33 heavy (non-hydrogen) atoms. The average molecular weight is 500 g/mol. The lowest BCUT2D eigenvalue weighted by molar-refractivity contribution is -0.118. The van der Waals surface area contributed by atoms with Crippen molar-refractivity contribution in [2.75, 3.05) is 10.7 Å². The molecule has 2 heterocycles. The Morgan fingerprint density at radius 3 is 2.55 bits per heavy atom. The Labute approximate surface area is 201 Å². The third kappa shape index (κ3) is 5.76. The summed E-state index contributed by atoms with van der Waals surface area (Å²) in [6.45, 7) is 2.08. The van der Waals surface area contributed by atoms with Crippen LogP contribution in [0, 0.1) is 6.92 Å². The van der Waals surface area contributed by atoms with Gasteiger partial charge in [0.05, 0.1) is 34.0 Å². The minimum Gasteiger partial charge on any atom is -0.282 e. The van der Waals surface area contributed by atoms with Crippen LogP contribution in [0.2, 0.25) is 5.02 Å². The molecule has 0 fully saturated rings. The zero-order valence-corrected chi connectivity index (χ0v) is 20.3. The number of sulfone groups is 1. The van der Waals surface area contributed by atoms with E-state index in [4.69, 9.17) is 11.6 Å². The highest BCUT2D eigenvalue weighted by Crippen LogP contribution is 2.34. The molecule has 170 valence electrons. The molecule has 2 aromatic heterocycles. The summed E-state index contributed by atoms with van der Waals surface area (Å²) in [4.78, 5) is 23.7. The number of fused-ring (bicyclic) bond motifs is 1. The second-order valence-electron chi connectivity index (χ2n) is 7.64. The Morgan fingerprint density at radius 1 is 1.06 bits per heavy atom. The van der Waals surface area contributed by atoms with Crippen molar-refractivity contribution in [2.24, 2.45) is 0 Å². The van der Waals surface area contributed by atoms with Crippen molar-refractivity contribution in [1.29, 1.82) is 0 Å². The molecule has 0 radical (unpaired) electrons. The van der Waals surface area contributed by atoms with E-state index in [2.05, 4.69) is 9.97 Å². The Kier molecular flexibility index (Phi) is 7.07. The lowest BCUT2D eigenvalue weighted by Crippen LogP contribution is -2.32. The fourth-order valence-corrected chi connectivity index (χ4v) is 5.92. The standard InChI is InChI=1S/C24H22ClN3O3S2/c1-17-20(25)10-11-21-23(17)27-24(32-21)28(15-19-9-5-6-13-26-19)22(29)12-14-33(30,31)16-18-7-3-2-4-8-18/h2-11,13H,12,14-16H2,1H3. The van der Waals surface area contributed by atoms with Gasteiger partial charge in [0.2, 0.25) is 5.91 Å². The Morgan fingerprint density at radius 2 is 1.82 bits per heavy atom. The molecule has 4 aromatic rings. The first kappa shape index (κ1) is 23.4. The van der Waals surface area contributed by atoms with Gasteiger partial charge in [-0.05, 0) is 42.3 Å². The summed E-state index contributed by atoms with van der Waals surface area (Å²) < 4.78 is 26.2. The molecule has 2 aromatic carbocycles. The fourth-order valence-electron chi connectivity index (χ4n) is 3.40. The van der Waals surface area contributed by atoms with Crippen molar-refractivity contribution in [3.63, 3.8) is 0 Å². The van der Waals surface area contributed by atoms with Crippen LogP contribution >= 0.6 is 22.9 Å². The first-order valence-electron chi connectivity index (χ1n) is 10.3. The van der Waals surface area contributed by atoms with Crippen molar-refractivity contribution < 1.29 is 13.2 Å². The second-order valence-corrected chi connectivity index (χ2v) is 11.2. The summed E-state index contributed by atoms with van der Waals surface area (Å²) in [5, 5.41) is 1.10. The van der Waals surface area contributed by atoms with Gasteiger partial charge in [-0.3, -0.25) is 14.7 Å². The average Bonchev–Trinajstić information content (AvgIpc) is 3.24. The molecule has 0 spiro atoms. The van der Waals surface area contributed by atoms with E-state index >= 15 is 0 Å². The van der Waals surface area contributed by atoms with Crippen LogP contribution in [-0.2, 0) is 26.9 Å². The molecule has 0 saturated carbocycles. The summed E-state index contributed by atoms with van der Waals surface area (Å²) in [5.41, 5.74) is 2.96. The maximum absolute atomic E-state index is 13.3. The SMILES string of the molecule is Cc1c(Cl)ccc2sc(N(Cc3ccccn3)C(=O)CCS(=O)(=O)Cc3ccccc3)nc12. The number of aryl methyl sites for hydroxylation is 1. The van der Waals surface area contributed by atoms with E-state index < -0.39 is 9.84 Å². The van der Waals surface area contributed by atoms with E-state index in [1.54, 1.807) is 36.5 Å². The van der Waals surface area contributed by atoms with Crippen LogP contribution in [0.5, 0.6) is 0 Å². The van der Waals surface area contributed by atoms with Gasteiger partial charge in [0.1, 0.15) is 0 Å². The lowest BCUT2D eigenvalue weighted by atomic mass is 10.2. The number of rotatable bonds is 8. The molecule has 0 atom stereocenters. The molecule has 1 amide bonds. The van der Waals surface area contributed by atoms with Crippen LogP contribution in [0.4, 0.5) is 5.13 Å². The normalized spacial score (nSPS) is 11.6. The second kappa shape index (κ2) is 9.99. The molecule has 0 unspecified atom stereocenters. The van der Waals surface area contributed by atoms with E-state index in [1.165, 1.54) is 16.2 Å². The van der Waals surface area contributed by atoms with E-state index in [0.717, 1.165) is 15.8 Å². The number of pyridine rings is 1. The fraction of sp³-hybridized carbons (Fsp3) is 0.208. The highest BCUT2D eigenvalue weighted by atomic mass is 35.5. The molecule has 0 aliphatic heterocycles. The Bertz CT molecular complexity index is 1370. The number of anilines is 1. The van der Waals surface area contributed by atoms with Gasteiger partial charge in [-0.15, -0.1) is 0 Å². The van der Waals surface area contributed by atoms with Crippen molar-refractivity contribution in [3.05, 3.63) is 88.7 Å². The van der Waals surface area contributed by atoms with Gasteiger partial charge >= 0.3 is 0 Å². The van der Waals surface area contributed by atoms with E-state index in [9.17, 15) is 13.2 Å². The molecule has 6 nitrogen and oxygen atoms in total. The van der Waals surface area contributed by atoms with Crippen LogP contribution in [0.3, 0.4) is 0 Å². The van der Waals surface area contributed by atoms with Gasteiger partial charge in [0.25, 0.3) is 0 Å². The monoisotopic (exact) mass is 499 g/mol. The largest absolute Gasteiger partial charge is 0.282 e. The molecular weight excluding hydrogens is 478 g/mol. The molecule has 9 heteroatoms. The maximum Gasteiger partial charge on any atom is 0.230 e. The molecule has 0 bridgehead atoms. The van der Waals surface area contributed by atoms with Crippen molar-refractivity contribution in [1.82, 2.24) is 9.97 Å². The zero-order valence-electron chi connectivity index (χ0n) is 17.9. The summed E-state index contributed by atoms with van der Waals surface area (Å²) in [7, 11) is -3.45. The highest BCUT2D eigenvalue weighted by molar-refractivity contribution is 7.90. The van der Waals surface area contributed by atoms with Crippen LogP contribution in [-0.4, -0.2) is 30.0 Å². The minimum absolute atomic E-state index is 0.0970. The molecule has 0 aliphatic rings. The number of hydrogen-bond acceptors (Lipinski definition) is 6. The number of hydrogen-bond donors (Lipinski definition) is 0. The third-order valence-corrected chi connectivity index (χ3v) is 8.22. The number of carbonyl (C=O) groups is 1. The first-order chi connectivity index (χ1) is 15.8. The van der Waals surface area contributed by atoms with Gasteiger partial charge in [0.15, 0.2) is 15.0 Å². The Balaban J connectivity index is 1.58. The van der Waals surface area contributed by atoms with Crippen molar-refractivity contribution >= 4 is 54.0 Å². The number of nitrogens with zero attached hydrogens (tertiary/aromatic N) is 3. The van der Waals surface area contributed by atoms with Gasteiger partial charge in [-0.1, -0.05) is 59.3 Å². The predicted molar refractivity (Wildman–Crippen MR) is 133 cm³/mol. The van der Waals surface area contributed by atoms with Gasteiger partial charge in [-0.25, -0.2) is 13.4 Å². The van der Waals surface area contributed by atoms with Crippen molar-refractivity contribution in [3.8, 4) is 0 Å². The van der Waals surface area contributed by atoms with E-state index in [1.807, 2.05) is 37.3 Å². The van der Waals surface area contributed by atoms with Crippen LogP contribution in [0.1, 0.15) is 23.2 Å². The number of halogens is 1. The molecule has 4 rings (SSSR count). The molecular formula is C24H22ClN3O3S2. The zero-order chi connectivity index (χ0) is 23.4. The van der Waals surface area contributed by atoms with Gasteiger partial charge in [0, 0.05) is 17.6 Å². The third-order valence-electron chi connectivity index (χ3n) is 5.17. The summed E-state index contributed by atoms with van der Waals surface area (Å²) in [6.07, 6.45) is 1.52. The smallest absolute Gasteiger partial charge is 0.230 e. The van der Waals surface area contributed by atoms with E-state index in [0.29, 0.717) is 21.4 Å². The van der Waals surface area contributed by atoms with Crippen molar-refractivity contribution in [2.45, 2.75) is 25.6 Å². The number of carbonyl (C=O) groups excluding carboxylic acids is 1. The quantitative estimate of drug-likeness (QED) is 0.333. The van der Waals surface area contributed by atoms with Gasteiger partial charge < -0.3 is 0 Å². The summed E-state index contributed by atoms with van der Waals surface area (Å²) in [6, 6.07) is 18.1. The van der Waals surface area contributed by atoms with Gasteiger partial charge in [-0.2, -0.15) is 0 Å². The minimum atomic E-state index is -3.45. The maximum atomic E-state index is 13.3. The van der Waals surface area contributed by atoms with Crippen LogP contribution in [0.25, 0.3) is 10.2 Å². The van der Waals surface area contributed by atoms with E-state index in [-0.39, 0.29) is 30.4 Å². The summed E-state index contributed by atoms with van der Waals surface area (Å²) in [5.74, 6) is -0.657. The number of thiazole rings is 1. The Hall–Kier alpha value is -2.81. The highest BCUT2D eigenvalue weighted by Gasteiger charge is 2.24. The van der Waals surface area contributed by atoms with Crippen LogP contribution < -0.4 is 4.90 Å². The number of aromatic nitrogens is 2. The molecule has 0 N–H and O–H groups in total. The number of benzene rings is 2. The topological polar surface area (TPSA) is 80.2 Å².